The molecule has 19 nitrogen and oxygen atoms in total. The van der Waals surface area contributed by atoms with Gasteiger partial charge in [-0.3, -0.25) is 4.79 Å². The van der Waals surface area contributed by atoms with E-state index < -0.39 is 127 Å². The molecular weight excluding hydrogens is 688 g/mol. The molecule has 4 heterocycles. The first kappa shape index (κ1) is 37.1. The van der Waals surface area contributed by atoms with Crippen LogP contribution in [0.4, 0.5) is 0 Å². The van der Waals surface area contributed by atoms with Gasteiger partial charge in [-0.05, 0) is 31.2 Å². The van der Waals surface area contributed by atoms with Crippen LogP contribution in [-0.2, 0) is 23.7 Å². The Labute approximate surface area is 287 Å². The normalized spacial score (nSPS) is 37.4. The Kier molecular flexibility index (Phi) is 10.7. The Bertz CT molecular complexity index is 1730. The number of rotatable bonds is 8. The van der Waals surface area contributed by atoms with Gasteiger partial charge in [-0.2, -0.15) is 0 Å². The van der Waals surface area contributed by atoms with Crippen LogP contribution >= 0.6 is 0 Å². The molecule has 6 rings (SSSR count). The Balaban J connectivity index is 1.22. The topological polar surface area (TPSA) is 308 Å². The number of aromatic hydroxyl groups is 3. The van der Waals surface area contributed by atoms with Gasteiger partial charge in [-0.1, -0.05) is 0 Å². The van der Waals surface area contributed by atoms with E-state index in [1.165, 1.54) is 31.2 Å². The van der Waals surface area contributed by atoms with Gasteiger partial charge in [0, 0.05) is 17.7 Å². The van der Waals surface area contributed by atoms with Crippen LogP contribution in [0.5, 0.6) is 23.0 Å². The van der Waals surface area contributed by atoms with Crippen LogP contribution in [0.1, 0.15) is 6.92 Å². The molecule has 0 aliphatic carbocycles. The lowest BCUT2D eigenvalue weighted by Gasteiger charge is -2.45. The molecule has 280 valence electrons. The SMILES string of the molecule is CC1O[C@@H](OCC2O[C@@H](Oc3c(-c4ccc(O)cc4)oc4cc(O)cc(O)c4c3=O)C(O)[C@@H](O)[C@H]2O)[C@@H](O)C(O[C@@H]2OC[C@@H](O)[C@H](O)C2O)[C@H]1O. The van der Waals surface area contributed by atoms with Crippen molar-refractivity contribution in [3.63, 3.8) is 0 Å². The summed E-state index contributed by atoms with van der Waals surface area (Å²) in [6.07, 6.45) is -23.0. The summed E-state index contributed by atoms with van der Waals surface area (Å²) in [7, 11) is 0. The smallest absolute Gasteiger partial charge is 0.239 e. The standard InChI is InChI=1S/C32H38O19/c1-10-19(37)28(50-30-24(42)20(38)15(36)8-45-30)26(44)31(47-10)46-9-17-21(39)23(41)25(43)32(49-17)51-29-22(40)18-14(35)6-13(34)7-16(18)48-27(29)11-2-4-12(33)5-3-11/h2-7,10,15,17,19-21,23-26,28,30-39,41-44H,8-9H2,1H3/t10?,15-,17?,19+,20+,21+,23+,24?,25?,26+,28?,30+,31-,32+/m1/s1. The highest BCUT2D eigenvalue weighted by Gasteiger charge is 2.50. The van der Waals surface area contributed by atoms with Crippen molar-refractivity contribution in [2.75, 3.05) is 13.2 Å². The maximum absolute atomic E-state index is 13.7. The molecule has 5 unspecified atom stereocenters. The molecule has 0 bridgehead atoms. The highest BCUT2D eigenvalue weighted by Crippen LogP contribution is 2.38. The highest BCUT2D eigenvalue weighted by atomic mass is 16.7. The summed E-state index contributed by atoms with van der Waals surface area (Å²) in [5.41, 5.74) is -1.05. The number of ether oxygens (including phenoxy) is 6. The second-order valence-corrected chi connectivity index (χ2v) is 12.5. The zero-order chi connectivity index (χ0) is 36.9. The van der Waals surface area contributed by atoms with E-state index in [1.54, 1.807) is 0 Å². The van der Waals surface area contributed by atoms with Crippen LogP contribution in [0.3, 0.4) is 0 Å². The van der Waals surface area contributed by atoms with Gasteiger partial charge in [0.2, 0.25) is 17.5 Å². The van der Waals surface area contributed by atoms with Crippen LogP contribution in [0.25, 0.3) is 22.3 Å². The molecule has 3 aliphatic heterocycles. The van der Waals surface area contributed by atoms with Gasteiger partial charge in [0.1, 0.15) is 89.3 Å². The maximum atomic E-state index is 13.7. The second-order valence-electron chi connectivity index (χ2n) is 12.5. The fourth-order valence-corrected chi connectivity index (χ4v) is 5.98. The predicted octanol–water partition coefficient (Wildman–Crippen LogP) is -2.93. The van der Waals surface area contributed by atoms with Crippen molar-refractivity contribution >= 4 is 11.0 Å². The van der Waals surface area contributed by atoms with E-state index in [1.807, 2.05) is 0 Å². The van der Waals surface area contributed by atoms with Crippen molar-refractivity contribution in [2.24, 2.45) is 0 Å². The lowest BCUT2D eigenvalue weighted by molar-refractivity contribution is -0.351. The molecule has 0 radical (unpaired) electrons. The molecule has 19 heteroatoms. The van der Waals surface area contributed by atoms with E-state index in [2.05, 4.69) is 0 Å². The van der Waals surface area contributed by atoms with Crippen LogP contribution in [0.15, 0.2) is 45.6 Å². The number of benzene rings is 2. The average molecular weight is 727 g/mol. The minimum atomic E-state index is -1.98. The summed E-state index contributed by atoms with van der Waals surface area (Å²) < 4.78 is 39.3. The van der Waals surface area contributed by atoms with Crippen LogP contribution in [0.2, 0.25) is 0 Å². The Morgan fingerprint density at radius 2 is 1.43 bits per heavy atom. The van der Waals surface area contributed by atoms with Crippen molar-refractivity contribution < 1.29 is 89.0 Å². The molecule has 3 saturated heterocycles. The number of aliphatic hydroxyl groups is 8. The van der Waals surface area contributed by atoms with Crippen LogP contribution in [0, 0.1) is 0 Å². The summed E-state index contributed by atoms with van der Waals surface area (Å²) >= 11 is 0. The van der Waals surface area contributed by atoms with Gasteiger partial charge in [0.15, 0.2) is 18.3 Å². The maximum Gasteiger partial charge on any atom is 0.239 e. The molecule has 3 aliphatic rings. The van der Waals surface area contributed by atoms with E-state index in [4.69, 9.17) is 32.8 Å². The number of fused-ring (bicyclic) bond motifs is 1. The zero-order valence-electron chi connectivity index (χ0n) is 26.6. The molecule has 0 saturated carbocycles. The van der Waals surface area contributed by atoms with Crippen molar-refractivity contribution in [1.29, 1.82) is 0 Å². The van der Waals surface area contributed by atoms with E-state index in [-0.39, 0.29) is 22.7 Å². The number of hydrogen-bond donors (Lipinski definition) is 11. The van der Waals surface area contributed by atoms with Gasteiger partial charge in [0.05, 0.1) is 19.3 Å². The Morgan fingerprint density at radius 1 is 0.745 bits per heavy atom. The third-order valence-electron chi connectivity index (χ3n) is 8.90. The molecule has 2 aromatic carbocycles. The summed E-state index contributed by atoms with van der Waals surface area (Å²) in [5, 5.41) is 114. The van der Waals surface area contributed by atoms with Crippen molar-refractivity contribution in [1.82, 2.24) is 0 Å². The Hall–Kier alpha value is -3.67. The first-order valence-electron chi connectivity index (χ1n) is 15.8. The van der Waals surface area contributed by atoms with E-state index >= 15 is 0 Å². The molecule has 1 aromatic heterocycles. The predicted molar refractivity (Wildman–Crippen MR) is 165 cm³/mol. The number of hydrogen-bond acceptors (Lipinski definition) is 19. The first-order chi connectivity index (χ1) is 24.2. The fraction of sp³-hybridized carbons (Fsp3) is 0.531. The molecule has 3 fully saturated rings. The van der Waals surface area contributed by atoms with E-state index in [0.29, 0.717) is 0 Å². The van der Waals surface area contributed by atoms with Gasteiger partial charge in [-0.15, -0.1) is 0 Å². The Morgan fingerprint density at radius 3 is 2.14 bits per heavy atom. The van der Waals surface area contributed by atoms with Crippen LogP contribution in [-0.4, -0.2) is 155 Å². The molecule has 11 N–H and O–H groups in total. The molecule has 3 aromatic rings. The minimum Gasteiger partial charge on any atom is -0.508 e. The quantitative estimate of drug-likeness (QED) is 0.111. The third-order valence-corrected chi connectivity index (χ3v) is 8.90. The van der Waals surface area contributed by atoms with Gasteiger partial charge in [-0.25, -0.2) is 0 Å². The lowest BCUT2D eigenvalue weighted by Crippen LogP contribution is -2.63. The van der Waals surface area contributed by atoms with Crippen molar-refractivity contribution in [3.05, 3.63) is 46.6 Å². The van der Waals surface area contributed by atoms with Gasteiger partial charge < -0.3 is 89.0 Å². The van der Waals surface area contributed by atoms with Gasteiger partial charge in [0.25, 0.3) is 0 Å². The van der Waals surface area contributed by atoms with Crippen molar-refractivity contribution in [2.45, 2.75) is 92.9 Å². The fourth-order valence-electron chi connectivity index (χ4n) is 5.98. The minimum absolute atomic E-state index is 0.127. The highest BCUT2D eigenvalue weighted by molar-refractivity contribution is 5.88. The number of phenolic OH excluding ortho intramolecular Hbond substituents is 3. The summed E-state index contributed by atoms with van der Waals surface area (Å²) in [6, 6.07) is 7.23. The second kappa shape index (κ2) is 14.8. The number of aliphatic hydroxyl groups excluding tert-OH is 8. The number of phenols is 3. The summed E-state index contributed by atoms with van der Waals surface area (Å²) in [6.45, 7) is 0.340. The monoisotopic (exact) mass is 726 g/mol. The summed E-state index contributed by atoms with van der Waals surface area (Å²) in [5.74, 6) is -2.13. The largest absolute Gasteiger partial charge is 0.508 e. The summed E-state index contributed by atoms with van der Waals surface area (Å²) in [4.78, 5) is 13.7. The molecule has 14 atom stereocenters. The van der Waals surface area contributed by atoms with Gasteiger partial charge >= 0.3 is 0 Å². The van der Waals surface area contributed by atoms with Crippen LogP contribution < -0.4 is 10.2 Å². The van der Waals surface area contributed by atoms with E-state index in [0.717, 1.165) is 12.1 Å². The van der Waals surface area contributed by atoms with E-state index in [9.17, 15) is 61.0 Å². The molecule has 0 amide bonds. The van der Waals surface area contributed by atoms with Crippen molar-refractivity contribution in [3.8, 4) is 34.3 Å². The lowest BCUT2D eigenvalue weighted by atomic mass is 9.98. The molecular formula is C32H38O19. The first-order valence-corrected chi connectivity index (χ1v) is 15.8. The third kappa shape index (κ3) is 7.22. The zero-order valence-corrected chi connectivity index (χ0v) is 26.6. The molecule has 0 spiro atoms. The molecule has 51 heavy (non-hydrogen) atoms. The average Bonchev–Trinajstić information content (AvgIpc) is 3.09.